The molecule has 0 aliphatic rings. The molecule has 20 heavy (non-hydrogen) atoms. The molecule has 3 amide bonds. The molecule has 0 saturated carbocycles. The van der Waals surface area contributed by atoms with Gasteiger partial charge in [0.2, 0.25) is 5.91 Å². The highest BCUT2D eigenvalue weighted by atomic mass is 16.5. The van der Waals surface area contributed by atoms with Crippen molar-refractivity contribution in [1.82, 2.24) is 16.0 Å². The molecule has 4 N–H and O–H groups in total. The molecule has 0 aliphatic heterocycles. The Morgan fingerprint density at radius 3 is 2.40 bits per heavy atom. The number of aliphatic carboxylic acids is 1. The molecule has 0 aromatic carbocycles. The van der Waals surface area contributed by atoms with Crippen molar-refractivity contribution in [2.24, 2.45) is 0 Å². The predicted molar refractivity (Wildman–Crippen MR) is 72.3 cm³/mol. The van der Waals surface area contributed by atoms with Gasteiger partial charge in [0, 0.05) is 13.7 Å². The van der Waals surface area contributed by atoms with E-state index in [0.29, 0.717) is 26.0 Å². The summed E-state index contributed by atoms with van der Waals surface area (Å²) >= 11 is 0. The molecule has 0 fully saturated rings. The van der Waals surface area contributed by atoms with Gasteiger partial charge in [-0.1, -0.05) is 13.3 Å². The Hall–Kier alpha value is -1.83. The van der Waals surface area contributed by atoms with E-state index in [-0.39, 0.29) is 5.91 Å². The summed E-state index contributed by atoms with van der Waals surface area (Å²) in [6, 6.07) is -2.40. The lowest BCUT2D eigenvalue weighted by Crippen LogP contribution is -2.52. The third kappa shape index (κ3) is 7.57. The second-order valence-corrected chi connectivity index (χ2v) is 4.30. The van der Waals surface area contributed by atoms with Crippen LogP contribution < -0.4 is 16.0 Å². The minimum Gasteiger partial charge on any atom is -0.480 e. The lowest BCUT2D eigenvalue weighted by Gasteiger charge is -2.17. The second kappa shape index (κ2) is 10.0. The number of methoxy groups -OCH3 is 1. The molecule has 8 nitrogen and oxygen atoms in total. The van der Waals surface area contributed by atoms with Crippen molar-refractivity contribution in [3.63, 3.8) is 0 Å². The van der Waals surface area contributed by atoms with Gasteiger partial charge in [-0.25, -0.2) is 9.59 Å². The van der Waals surface area contributed by atoms with Crippen LogP contribution in [0.3, 0.4) is 0 Å². The molecule has 1 unspecified atom stereocenters. The summed E-state index contributed by atoms with van der Waals surface area (Å²) in [7, 11) is 1.51. The Bertz CT molecular complexity index is 335. The molecule has 0 aromatic rings. The summed E-state index contributed by atoms with van der Waals surface area (Å²) in [6.45, 7) is 4.05. The number of carbonyl (C=O) groups is 3. The smallest absolute Gasteiger partial charge is 0.326 e. The predicted octanol–water partition coefficient (Wildman–Crippen LogP) is -0.310. The zero-order valence-corrected chi connectivity index (χ0v) is 12.1. The van der Waals surface area contributed by atoms with Crippen LogP contribution >= 0.6 is 0 Å². The topological polar surface area (TPSA) is 117 Å². The first kappa shape index (κ1) is 18.2. The first-order chi connectivity index (χ1) is 9.42. The minimum absolute atomic E-state index is 0.331. The highest BCUT2D eigenvalue weighted by Crippen LogP contribution is 1.96. The summed E-state index contributed by atoms with van der Waals surface area (Å²) in [5.41, 5.74) is 0. The molecule has 0 saturated heterocycles. The van der Waals surface area contributed by atoms with Gasteiger partial charge in [-0.05, 0) is 13.3 Å². The summed E-state index contributed by atoms with van der Waals surface area (Å²) in [5, 5.41) is 16.2. The minimum atomic E-state index is -1.10. The molecule has 2 atom stereocenters. The van der Waals surface area contributed by atoms with Crippen molar-refractivity contribution < 1.29 is 24.2 Å². The van der Waals surface area contributed by atoms with Gasteiger partial charge in [-0.2, -0.15) is 0 Å². The first-order valence-electron chi connectivity index (χ1n) is 6.48. The third-order valence-corrected chi connectivity index (χ3v) is 2.53. The number of carboxylic acid groups (broad SMARTS) is 1. The Kier molecular flexibility index (Phi) is 9.10. The summed E-state index contributed by atoms with van der Waals surface area (Å²) in [6.07, 6.45) is 0.960. The van der Waals surface area contributed by atoms with Gasteiger partial charge in [0.15, 0.2) is 0 Å². The highest BCUT2D eigenvalue weighted by Gasteiger charge is 2.21. The summed E-state index contributed by atoms with van der Waals surface area (Å²) in [4.78, 5) is 34.0. The van der Waals surface area contributed by atoms with Crippen LogP contribution in [0.5, 0.6) is 0 Å². The number of urea groups is 1. The van der Waals surface area contributed by atoms with Crippen molar-refractivity contribution in [3.05, 3.63) is 0 Å². The van der Waals surface area contributed by atoms with E-state index in [1.54, 1.807) is 0 Å². The Morgan fingerprint density at radius 1 is 1.25 bits per heavy atom. The van der Waals surface area contributed by atoms with Gasteiger partial charge < -0.3 is 25.8 Å². The fourth-order valence-electron chi connectivity index (χ4n) is 1.44. The van der Waals surface area contributed by atoms with Gasteiger partial charge in [-0.15, -0.1) is 0 Å². The van der Waals surface area contributed by atoms with Crippen LogP contribution in [0.1, 0.15) is 26.7 Å². The standard InChI is InChI=1S/C12H23N3O5/c1-4-5-9(11(17)18)15-12(19)14-8(2)10(16)13-6-7-20-3/h8-9H,4-7H2,1-3H3,(H,13,16)(H,17,18)(H2,14,15,19)/t8?,9-/m0/s1. The molecule has 0 aliphatic carbocycles. The van der Waals surface area contributed by atoms with Crippen LogP contribution in [0.4, 0.5) is 4.79 Å². The molecule has 0 rings (SSSR count). The van der Waals surface area contributed by atoms with Crippen molar-refractivity contribution in [2.45, 2.75) is 38.8 Å². The van der Waals surface area contributed by atoms with E-state index >= 15 is 0 Å². The van der Waals surface area contributed by atoms with E-state index in [1.807, 2.05) is 6.92 Å². The van der Waals surface area contributed by atoms with Crippen molar-refractivity contribution in [3.8, 4) is 0 Å². The molecular weight excluding hydrogens is 266 g/mol. The quantitative estimate of drug-likeness (QED) is 0.434. The zero-order valence-electron chi connectivity index (χ0n) is 12.1. The van der Waals surface area contributed by atoms with Gasteiger partial charge >= 0.3 is 12.0 Å². The molecule has 116 valence electrons. The average molecular weight is 289 g/mol. The maximum atomic E-state index is 11.6. The Labute approximate surface area is 118 Å². The molecule has 0 radical (unpaired) electrons. The van der Waals surface area contributed by atoms with Crippen LogP contribution in [-0.2, 0) is 14.3 Å². The van der Waals surface area contributed by atoms with Gasteiger partial charge in [0.05, 0.1) is 6.61 Å². The summed E-state index contributed by atoms with van der Waals surface area (Å²) in [5.74, 6) is -1.46. The first-order valence-corrected chi connectivity index (χ1v) is 6.48. The van der Waals surface area contributed by atoms with Gasteiger partial charge in [-0.3, -0.25) is 4.79 Å². The van der Waals surface area contributed by atoms with Crippen molar-refractivity contribution in [1.29, 1.82) is 0 Å². The zero-order chi connectivity index (χ0) is 15.5. The molecule has 0 spiro atoms. The lowest BCUT2D eigenvalue weighted by molar-refractivity contribution is -0.139. The Morgan fingerprint density at radius 2 is 1.90 bits per heavy atom. The number of carbonyl (C=O) groups excluding carboxylic acids is 2. The SMILES string of the molecule is CCC[C@H](NC(=O)NC(C)C(=O)NCCOC)C(=O)O. The van der Waals surface area contributed by atoms with E-state index in [1.165, 1.54) is 14.0 Å². The van der Waals surface area contributed by atoms with E-state index in [0.717, 1.165) is 0 Å². The van der Waals surface area contributed by atoms with Crippen LogP contribution in [0, 0.1) is 0 Å². The average Bonchev–Trinajstić information content (AvgIpc) is 2.38. The van der Waals surface area contributed by atoms with E-state index in [9.17, 15) is 14.4 Å². The van der Waals surface area contributed by atoms with E-state index in [4.69, 9.17) is 9.84 Å². The number of hydrogen-bond acceptors (Lipinski definition) is 4. The highest BCUT2D eigenvalue weighted by molar-refractivity contribution is 5.88. The maximum absolute atomic E-state index is 11.6. The molecule has 8 heteroatoms. The van der Waals surface area contributed by atoms with Crippen LogP contribution in [-0.4, -0.2) is 55.4 Å². The molecular formula is C12H23N3O5. The number of hydrogen-bond donors (Lipinski definition) is 4. The monoisotopic (exact) mass is 289 g/mol. The molecule has 0 aromatic heterocycles. The molecule has 0 heterocycles. The van der Waals surface area contributed by atoms with Gasteiger partial charge in [0.1, 0.15) is 12.1 Å². The van der Waals surface area contributed by atoms with Crippen molar-refractivity contribution >= 4 is 17.9 Å². The lowest BCUT2D eigenvalue weighted by atomic mass is 10.2. The third-order valence-electron chi connectivity index (χ3n) is 2.53. The van der Waals surface area contributed by atoms with E-state index < -0.39 is 24.1 Å². The largest absolute Gasteiger partial charge is 0.480 e. The normalized spacial score (nSPS) is 13.2. The fourth-order valence-corrected chi connectivity index (χ4v) is 1.44. The number of rotatable bonds is 9. The van der Waals surface area contributed by atoms with Crippen molar-refractivity contribution in [2.75, 3.05) is 20.3 Å². The van der Waals surface area contributed by atoms with Crippen LogP contribution in [0.2, 0.25) is 0 Å². The number of ether oxygens (including phenoxy) is 1. The summed E-state index contributed by atoms with van der Waals surface area (Å²) < 4.78 is 4.78. The fraction of sp³-hybridized carbons (Fsp3) is 0.750. The number of amides is 3. The number of carboxylic acids is 1. The second-order valence-electron chi connectivity index (χ2n) is 4.30. The maximum Gasteiger partial charge on any atom is 0.326 e. The number of nitrogens with one attached hydrogen (secondary N) is 3. The molecule has 0 bridgehead atoms. The Balaban J connectivity index is 4.17. The van der Waals surface area contributed by atoms with Gasteiger partial charge in [0.25, 0.3) is 0 Å². The van der Waals surface area contributed by atoms with Crippen LogP contribution in [0.25, 0.3) is 0 Å². The van der Waals surface area contributed by atoms with Crippen LogP contribution in [0.15, 0.2) is 0 Å². The van der Waals surface area contributed by atoms with E-state index in [2.05, 4.69) is 16.0 Å².